The summed E-state index contributed by atoms with van der Waals surface area (Å²) in [6, 6.07) is 53.4. The van der Waals surface area contributed by atoms with Crippen LogP contribution in [-0.4, -0.2) is 0 Å². The van der Waals surface area contributed by atoms with Gasteiger partial charge in [-0.3, -0.25) is 0 Å². The van der Waals surface area contributed by atoms with Crippen molar-refractivity contribution >= 4 is 27.8 Å². The summed E-state index contributed by atoms with van der Waals surface area (Å²) in [5.74, 6) is 0. The Labute approximate surface area is 301 Å². The summed E-state index contributed by atoms with van der Waals surface area (Å²) in [4.78, 5) is 2.29. The van der Waals surface area contributed by atoms with E-state index in [2.05, 4.69) is 140 Å². The Bertz CT molecular complexity index is 2650. The molecule has 8 aromatic carbocycles. The molecule has 50 heavy (non-hydrogen) atoms. The first-order valence-corrected chi connectivity index (χ1v) is 17.0. The lowest BCUT2D eigenvalue weighted by atomic mass is 9.79. The monoisotopic (exact) mass is 644 g/mol. The third-order valence-corrected chi connectivity index (χ3v) is 10.1. The van der Waals surface area contributed by atoms with Gasteiger partial charge in [-0.15, -0.1) is 0 Å². The van der Waals surface area contributed by atoms with Gasteiger partial charge in [0.2, 0.25) is 0 Å². The van der Waals surface area contributed by atoms with E-state index in [4.69, 9.17) is 6.85 Å². The van der Waals surface area contributed by atoms with Crippen LogP contribution < -0.4 is 4.90 Å². The molecule has 0 unspecified atom stereocenters. The molecule has 1 heteroatoms. The highest BCUT2D eigenvalue weighted by molar-refractivity contribution is 6.05. The Kier molecular flexibility index (Phi) is 6.00. The van der Waals surface area contributed by atoms with Crippen molar-refractivity contribution in [2.24, 2.45) is 0 Å². The maximum absolute atomic E-state index is 8.97. The van der Waals surface area contributed by atoms with Gasteiger partial charge in [0.25, 0.3) is 0 Å². The van der Waals surface area contributed by atoms with Gasteiger partial charge in [-0.25, -0.2) is 0 Å². The molecule has 0 bridgehead atoms. The number of hydrogen-bond donors (Lipinski definition) is 0. The van der Waals surface area contributed by atoms with Crippen LogP contribution in [0.25, 0.3) is 55.3 Å². The molecule has 8 aromatic rings. The van der Waals surface area contributed by atoms with Gasteiger partial charge in [0.1, 0.15) is 0 Å². The average Bonchev–Trinajstić information content (AvgIpc) is 3.47. The van der Waals surface area contributed by atoms with Gasteiger partial charge < -0.3 is 4.90 Å². The largest absolute Gasteiger partial charge is 0.310 e. The van der Waals surface area contributed by atoms with Crippen LogP contribution in [-0.2, 0) is 5.41 Å². The molecule has 0 atom stereocenters. The fourth-order valence-electron chi connectivity index (χ4n) is 7.71. The van der Waals surface area contributed by atoms with Crippen LogP contribution in [0.3, 0.4) is 0 Å². The summed E-state index contributed by atoms with van der Waals surface area (Å²) in [5.41, 5.74) is 12.1. The van der Waals surface area contributed by atoms with Gasteiger partial charge >= 0.3 is 0 Å². The predicted molar refractivity (Wildman–Crippen MR) is 213 cm³/mol. The zero-order valence-corrected chi connectivity index (χ0v) is 28.0. The van der Waals surface area contributed by atoms with Crippen molar-refractivity contribution in [3.8, 4) is 44.5 Å². The minimum atomic E-state index is -0.483. The standard InChI is InChI=1S/C49H37N/c1-49(2)46-33-42(30-31-44(46)47-45(38-18-10-5-11-19-38)32-39-20-12-13-21-43(39)48(47)49)50(40-26-22-36(23-27-40)34-14-6-3-7-15-34)41-28-24-37(25-29-41)35-16-8-4-9-17-35/h3-33H,1-2H3/i5D,10D,11D,18D,19D. The number of nitrogens with zero attached hydrogens (tertiary/aromatic N) is 1. The summed E-state index contributed by atoms with van der Waals surface area (Å²) < 4.78 is 43.2. The summed E-state index contributed by atoms with van der Waals surface area (Å²) in [6.45, 7) is 4.46. The molecule has 0 aromatic heterocycles. The first-order chi connectivity index (χ1) is 26.6. The fraction of sp³-hybridized carbons (Fsp3) is 0.0612. The second-order valence-electron chi connectivity index (χ2n) is 13.4. The van der Waals surface area contributed by atoms with Crippen LogP contribution in [0.2, 0.25) is 0 Å². The minimum Gasteiger partial charge on any atom is -0.310 e. The van der Waals surface area contributed by atoms with Gasteiger partial charge in [-0.2, -0.15) is 0 Å². The van der Waals surface area contributed by atoms with Gasteiger partial charge in [0.15, 0.2) is 0 Å². The van der Waals surface area contributed by atoms with Gasteiger partial charge in [0, 0.05) is 22.5 Å². The summed E-state index contributed by atoms with van der Waals surface area (Å²) in [7, 11) is 0. The molecule has 0 saturated carbocycles. The third-order valence-electron chi connectivity index (χ3n) is 10.1. The van der Waals surface area contributed by atoms with E-state index in [0.29, 0.717) is 5.56 Å². The Balaban J connectivity index is 1.24. The molecule has 0 N–H and O–H groups in total. The fourth-order valence-corrected chi connectivity index (χ4v) is 7.71. The zero-order valence-electron chi connectivity index (χ0n) is 33.0. The SMILES string of the molecule is [2H]c1c([2H])c([2H])c(-c2cc3ccccc3c3c2-c2ccc(N(c4ccc(-c5ccccc5)cc4)c4ccc(-c5ccccc5)cc4)cc2C3(C)C)c([2H])c1[2H]. The maximum Gasteiger partial charge on any atom is 0.0629 e. The zero-order chi connectivity index (χ0) is 38.0. The van der Waals surface area contributed by atoms with Crippen molar-refractivity contribution in [1.29, 1.82) is 0 Å². The van der Waals surface area contributed by atoms with Crippen molar-refractivity contribution in [3.63, 3.8) is 0 Å². The van der Waals surface area contributed by atoms with Crippen LogP contribution in [0, 0.1) is 0 Å². The normalized spacial score (nSPS) is 14.2. The molecule has 0 fully saturated rings. The lowest BCUT2D eigenvalue weighted by Gasteiger charge is -2.28. The highest BCUT2D eigenvalue weighted by atomic mass is 15.1. The maximum atomic E-state index is 8.97. The second kappa shape index (κ2) is 12.1. The van der Waals surface area contributed by atoms with Crippen molar-refractivity contribution in [2.45, 2.75) is 19.3 Å². The highest BCUT2D eigenvalue weighted by Gasteiger charge is 2.39. The molecule has 0 spiro atoms. The van der Waals surface area contributed by atoms with Crippen LogP contribution in [0.5, 0.6) is 0 Å². The quantitative estimate of drug-likeness (QED) is 0.174. The molecule has 9 rings (SSSR count). The van der Waals surface area contributed by atoms with Crippen molar-refractivity contribution < 1.29 is 6.85 Å². The van der Waals surface area contributed by atoms with Gasteiger partial charge in [-0.05, 0) is 109 Å². The smallest absolute Gasteiger partial charge is 0.0629 e. The van der Waals surface area contributed by atoms with E-state index in [1.165, 1.54) is 0 Å². The van der Waals surface area contributed by atoms with Crippen LogP contribution in [0.4, 0.5) is 17.1 Å². The van der Waals surface area contributed by atoms with E-state index in [1.807, 2.05) is 36.4 Å². The summed E-state index contributed by atoms with van der Waals surface area (Å²) >= 11 is 0. The topological polar surface area (TPSA) is 3.24 Å². The van der Waals surface area contributed by atoms with E-state index < -0.39 is 11.5 Å². The van der Waals surface area contributed by atoms with Crippen LogP contribution >= 0.6 is 0 Å². The number of anilines is 3. The van der Waals surface area contributed by atoms with Gasteiger partial charge in [0.05, 0.1) is 6.85 Å². The van der Waals surface area contributed by atoms with E-state index in [1.54, 1.807) is 0 Å². The number of rotatable bonds is 6. The Morgan fingerprint density at radius 2 is 0.980 bits per heavy atom. The Hall–Kier alpha value is -6.18. The van der Waals surface area contributed by atoms with Crippen molar-refractivity contribution in [2.75, 3.05) is 4.90 Å². The molecule has 0 radical (unpaired) electrons. The molecule has 1 nitrogen and oxygen atoms in total. The molecule has 0 aliphatic heterocycles. The molecule has 0 saturated heterocycles. The van der Waals surface area contributed by atoms with E-state index in [-0.39, 0.29) is 29.7 Å². The Morgan fingerprint density at radius 1 is 0.460 bits per heavy atom. The summed E-state index contributed by atoms with van der Waals surface area (Å²) in [6.07, 6.45) is 0. The van der Waals surface area contributed by atoms with Crippen molar-refractivity contribution in [1.82, 2.24) is 0 Å². The molecule has 1 aliphatic carbocycles. The number of benzene rings is 8. The number of fused-ring (bicyclic) bond motifs is 5. The van der Waals surface area contributed by atoms with Crippen LogP contribution in [0.15, 0.2) is 188 Å². The van der Waals surface area contributed by atoms with Gasteiger partial charge in [-0.1, -0.05) is 159 Å². The Morgan fingerprint density at radius 3 is 1.58 bits per heavy atom. The van der Waals surface area contributed by atoms with Crippen LogP contribution in [0.1, 0.15) is 31.8 Å². The number of hydrogen-bond acceptors (Lipinski definition) is 1. The minimum absolute atomic E-state index is 0.199. The second-order valence-corrected chi connectivity index (χ2v) is 13.4. The lowest BCUT2D eigenvalue weighted by molar-refractivity contribution is 0.666. The van der Waals surface area contributed by atoms with Crippen molar-refractivity contribution in [3.05, 3.63) is 199 Å². The lowest BCUT2D eigenvalue weighted by Crippen LogP contribution is -2.17. The van der Waals surface area contributed by atoms with E-state index in [9.17, 15) is 0 Å². The predicted octanol–water partition coefficient (Wildman–Crippen LogP) is 13.6. The third kappa shape index (κ3) is 5.02. The average molecular weight is 645 g/mol. The van der Waals surface area contributed by atoms with E-state index in [0.717, 1.165) is 72.3 Å². The first kappa shape index (κ1) is 24.9. The highest BCUT2D eigenvalue weighted by Crippen LogP contribution is 2.56. The molecule has 238 valence electrons. The summed E-state index contributed by atoms with van der Waals surface area (Å²) in [5, 5.41) is 2.05. The van der Waals surface area contributed by atoms with E-state index >= 15 is 0 Å². The molecule has 1 aliphatic rings. The molecular formula is C49H37N. The molecule has 0 amide bonds. The molecular weight excluding hydrogens is 603 g/mol. The first-order valence-electron chi connectivity index (χ1n) is 19.5. The molecule has 0 heterocycles.